The molecular formula is C11H7ClFN5. The molecule has 0 amide bonds. The zero-order valence-electron chi connectivity index (χ0n) is 8.98. The largest absolute Gasteiger partial charge is 0.340 e. The van der Waals surface area contributed by atoms with E-state index in [1.807, 2.05) is 0 Å². The summed E-state index contributed by atoms with van der Waals surface area (Å²) in [5, 5.41) is 13.8. The third kappa shape index (κ3) is 2.84. The smallest absolute Gasteiger partial charge is 0.182 e. The molecule has 0 atom stereocenters. The number of halogens is 2. The summed E-state index contributed by atoms with van der Waals surface area (Å²) in [6, 6.07) is 5.76. The maximum Gasteiger partial charge on any atom is 0.182 e. The van der Waals surface area contributed by atoms with Crippen LogP contribution in [0.3, 0.4) is 0 Å². The minimum Gasteiger partial charge on any atom is -0.340 e. The lowest BCUT2D eigenvalue weighted by molar-refractivity contribution is 0.628. The van der Waals surface area contributed by atoms with Crippen LogP contribution >= 0.6 is 11.6 Å². The van der Waals surface area contributed by atoms with Gasteiger partial charge in [0.05, 0.1) is 5.02 Å². The van der Waals surface area contributed by atoms with Gasteiger partial charge in [0.1, 0.15) is 23.8 Å². The summed E-state index contributed by atoms with van der Waals surface area (Å²) in [4.78, 5) is 7.79. The number of nitrogens with zero attached hydrogens (tertiary/aromatic N) is 3. The first-order valence-corrected chi connectivity index (χ1v) is 5.26. The van der Waals surface area contributed by atoms with Crippen LogP contribution in [0, 0.1) is 17.3 Å². The highest BCUT2D eigenvalue weighted by Gasteiger charge is 2.03. The topological polar surface area (TPSA) is 73.6 Å². The maximum absolute atomic E-state index is 13.0. The Hall–Kier alpha value is -2.39. The second-order valence-corrected chi connectivity index (χ2v) is 3.69. The zero-order chi connectivity index (χ0) is 13.0. The number of aromatic nitrogens is 2. The van der Waals surface area contributed by atoms with Gasteiger partial charge in [-0.25, -0.2) is 14.4 Å². The number of hydrogen-bond donors (Lipinski definition) is 2. The molecule has 0 saturated carbocycles. The second-order valence-electron chi connectivity index (χ2n) is 3.28. The Morgan fingerprint density at radius 3 is 2.72 bits per heavy atom. The normalized spacial score (nSPS) is 9.61. The van der Waals surface area contributed by atoms with Crippen molar-refractivity contribution in [1.29, 1.82) is 5.26 Å². The van der Waals surface area contributed by atoms with E-state index in [0.717, 1.165) is 0 Å². The second kappa shape index (κ2) is 5.29. The number of benzene rings is 1. The minimum atomic E-state index is -0.489. The number of nitrogens with one attached hydrogen (secondary N) is 2. The lowest BCUT2D eigenvalue weighted by Gasteiger charge is -2.06. The van der Waals surface area contributed by atoms with E-state index in [0.29, 0.717) is 17.3 Å². The molecule has 5 nitrogen and oxygen atoms in total. The highest BCUT2D eigenvalue weighted by atomic mass is 35.5. The average molecular weight is 264 g/mol. The molecule has 0 spiro atoms. The Balaban J connectivity index is 2.20. The predicted molar refractivity (Wildman–Crippen MR) is 66.0 cm³/mol. The van der Waals surface area contributed by atoms with Crippen LogP contribution in [0.5, 0.6) is 0 Å². The van der Waals surface area contributed by atoms with Crippen LogP contribution < -0.4 is 10.6 Å². The summed E-state index contributed by atoms with van der Waals surface area (Å²) in [6.07, 6.45) is 3.05. The third-order valence-corrected chi connectivity index (χ3v) is 2.33. The van der Waals surface area contributed by atoms with Crippen molar-refractivity contribution in [2.45, 2.75) is 0 Å². The molecule has 90 valence electrons. The quantitative estimate of drug-likeness (QED) is 0.658. The Labute approximate surface area is 107 Å². The van der Waals surface area contributed by atoms with Gasteiger partial charge in [-0.05, 0) is 18.2 Å². The molecule has 0 aliphatic rings. The number of anilines is 3. The van der Waals surface area contributed by atoms with Gasteiger partial charge >= 0.3 is 0 Å². The zero-order valence-corrected chi connectivity index (χ0v) is 9.74. The van der Waals surface area contributed by atoms with Crippen molar-refractivity contribution in [3.63, 3.8) is 0 Å². The van der Waals surface area contributed by atoms with Crippen molar-refractivity contribution < 1.29 is 4.39 Å². The maximum atomic E-state index is 13.0. The van der Waals surface area contributed by atoms with Crippen LogP contribution in [0.1, 0.15) is 0 Å². The van der Waals surface area contributed by atoms with Gasteiger partial charge < -0.3 is 5.32 Å². The summed E-state index contributed by atoms with van der Waals surface area (Å²) >= 11 is 5.66. The molecule has 7 heteroatoms. The van der Waals surface area contributed by atoms with E-state index in [1.165, 1.54) is 24.5 Å². The van der Waals surface area contributed by atoms with E-state index in [9.17, 15) is 4.39 Å². The molecule has 2 aromatic rings. The van der Waals surface area contributed by atoms with Crippen molar-refractivity contribution in [2.75, 3.05) is 10.6 Å². The fourth-order valence-electron chi connectivity index (χ4n) is 1.27. The molecule has 0 aliphatic carbocycles. The van der Waals surface area contributed by atoms with Gasteiger partial charge in [-0.3, -0.25) is 5.32 Å². The Morgan fingerprint density at radius 1 is 1.22 bits per heavy atom. The highest BCUT2D eigenvalue weighted by molar-refractivity contribution is 6.31. The van der Waals surface area contributed by atoms with Crippen molar-refractivity contribution >= 4 is 28.9 Å². The Kier molecular flexibility index (Phi) is 3.55. The first-order valence-electron chi connectivity index (χ1n) is 4.88. The Bertz CT molecular complexity index is 611. The molecule has 0 fully saturated rings. The van der Waals surface area contributed by atoms with Crippen LogP contribution in [0.15, 0.2) is 30.6 Å². The molecule has 1 aromatic heterocycles. The van der Waals surface area contributed by atoms with Crippen LogP contribution in [0.25, 0.3) is 0 Å². The number of nitriles is 1. The van der Waals surface area contributed by atoms with Gasteiger partial charge in [0.15, 0.2) is 6.19 Å². The van der Waals surface area contributed by atoms with Gasteiger partial charge in [0.25, 0.3) is 0 Å². The summed E-state index contributed by atoms with van der Waals surface area (Å²) in [6.45, 7) is 0. The molecule has 0 saturated heterocycles. The summed E-state index contributed by atoms with van der Waals surface area (Å²) in [5.41, 5.74) is 0.586. The van der Waals surface area contributed by atoms with E-state index >= 15 is 0 Å². The highest BCUT2D eigenvalue weighted by Crippen LogP contribution is 2.22. The van der Waals surface area contributed by atoms with E-state index in [-0.39, 0.29) is 5.02 Å². The van der Waals surface area contributed by atoms with Crippen molar-refractivity contribution in [3.05, 3.63) is 41.4 Å². The van der Waals surface area contributed by atoms with Gasteiger partial charge in [-0.15, -0.1) is 0 Å². The van der Waals surface area contributed by atoms with Crippen molar-refractivity contribution in [3.8, 4) is 6.19 Å². The van der Waals surface area contributed by atoms with Gasteiger partial charge in [-0.2, -0.15) is 5.26 Å². The molecule has 0 aliphatic heterocycles. The van der Waals surface area contributed by atoms with Crippen LogP contribution in [-0.4, -0.2) is 9.97 Å². The molecular weight excluding hydrogens is 257 g/mol. The molecule has 1 aromatic carbocycles. The molecule has 2 N–H and O–H groups in total. The lowest BCUT2D eigenvalue weighted by atomic mass is 10.3. The summed E-state index contributed by atoms with van der Waals surface area (Å²) < 4.78 is 13.0. The van der Waals surface area contributed by atoms with Gasteiger partial charge in [0, 0.05) is 11.8 Å². The number of rotatable bonds is 3. The van der Waals surface area contributed by atoms with Gasteiger partial charge in [0.2, 0.25) is 0 Å². The standard InChI is InChI=1S/C11H7ClFN5/c12-8-3-7(1-2-9(8)13)18-11-4-10(15-5-14)16-6-17-11/h1-4,6H,(H2,15,16,17,18). The fraction of sp³-hybridized carbons (Fsp3) is 0. The molecule has 1 heterocycles. The number of hydrogen-bond acceptors (Lipinski definition) is 5. The average Bonchev–Trinajstić information content (AvgIpc) is 2.35. The lowest BCUT2D eigenvalue weighted by Crippen LogP contribution is -1.97. The van der Waals surface area contributed by atoms with Crippen molar-refractivity contribution in [2.24, 2.45) is 0 Å². The molecule has 0 bridgehead atoms. The van der Waals surface area contributed by atoms with Gasteiger partial charge in [-0.1, -0.05) is 11.6 Å². The van der Waals surface area contributed by atoms with Crippen molar-refractivity contribution in [1.82, 2.24) is 9.97 Å². The first kappa shape index (κ1) is 12.1. The van der Waals surface area contributed by atoms with Crippen LogP contribution in [-0.2, 0) is 0 Å². The molecule has 0 radical (unpaired) electrons. The van der Waals surface area contributed by atoms with Crippen LogP contribution in [0.2, 0.25) is 5.02 Å². The predicted octanol–water partition coefficient (Wildman–Crippen LogP) is 2.91. The molecule has 18 heavy (non-hydrogen) atoms. The molecule has 0 unspecified atom stereocenters. The van der Waals surface area contributed by atoms with E-state index < -0.39 is 5.82 Å². The Morgan fingerprint density at radius 2 is 2.00 bits per heavy atom. The van der Waals surface area contributed by atoms with E-state index in [2.05, 4.69) is 20.6 Å². The fourth-order valence-corrected chi connectivity index (χ4v) is 1.45. The summed E-state index contributed by atoms with van der Waals surface area (Å²) in [5.74, 6) is 0.338. The van der Waals surface area contributed by atoms with Crippen LogP contribution in [0.4, 0.5) is 21.7 Å². The monoisotopic (exact) mass is 263 g/mol. The van der Waals surface area contributed by atoms with E-state index in [1.54, 1.807) is 12.3 Å². The summed E-state index contributed by atoms with van der Waals surface area (Å²) in [7, 11) is 0. The first-order chi connectivity index (χ1) is 8.69. The molecule has 2 rings (SSSR count). The minimum absolute atomic E-state index is 0.0180. The SMILES string of the molecule is N#CNc1cc(Nc2ccc(F)c(Cl)c2)ncn1. The third-order valence-electron chi connectivity index (χ3n) is 2.04. The van der Waals surface area contributed by atoms with E-state index in [4.69, 9.17) is 16.9 Å².